The topological polar surface area (TPSA) is 85.6 Å². The van der Waals surface area contributed by atoms with Gasteiger partial charge in [-0.25, -0.2) is 4.68 Å². The monoisotopic (exact) mass is 445 g/mol. The van der Waals surface area contributed by atoms with Gasteiger partial charge in [0.1, 0.15) is 5.56 Å². The van der Waals surface area contributed by atoms with Gasteiger partial charge in [0.25, 0.3) is 5.91 Å². The standard InChI is InChI=1S/C25H39N3O4/c1-16(2)14-32-23-20(13-26-28(23)7-6-24(3,4)15-31-5)22(29)27-21-18-8-17-9-19(21)12-25(30,10-17)11-18/h6-7,13,16-19,21,30H,8-12,14-15H2,1-5H3,(H,27,29)/b7-6+/t17?,18?,19?,21-,25-. The molecule has 7 heteroatoms. The summed E-state index contributed by atoms with van der Waals surface area (Å²) in [6.07, 6.45) is 10.2. The van der Waals surface area contributed by atoms with Crippen molar-refractivity contribution in [1.29, 1.82) is 0 Å². The Kier molecular flexibility index (Phi) is 6.43. The van der Waals surface area contributed by atoms with Crippen molar-refractivity contribution < 1.29 is 19.4 Å². The van der Waals surface area contributed by atoms with Crippen LogP contribution in [0, 0.1) is 29.1 Å². The molecule has 0 aliphatic heterocycles. The molecule has 1 heterocycles. The number of aliphatic hydroxyl groups is 1. The minimum atomic E-state index is -0.506. The normalized spacial score (nSPS) is 31.6. The maximum absolute atomic E-state index is 13.3. The first-order valence-electron chi connectivity index (χ1n) is 12.0. The molecule has 1 aromatic heterocycles. The Hall–Kier alpha value is -1.86. The first-order valence-corrected chi connectivity index (χ1v) is 12.0. The average Bonchev–Trinajstić information content (AvgIpc) is 3.09. The van der Waals surface area contributed by atoms with Gasteiger partial charge < -0.3 is 19.9 Å². The van der Waals surface area contributed by atoms with Crippen LogP contribution in [0.15, 0.2) is 12.3 Å². The lowest BCUT2D eigenvalue weighted by atomic mass is 9.52. The van der Waals surface area contributed by atoms with Crippen LogP contribution in [0.3, 0.4) is 0 Å². The third-order valence-corrected chi connectivity index (χ3v) is 7.27. The highest BCUT2D eigenvalue weighted by Gasteiger charge is 2.55. The number of hydrogen-bond donors (Lipinski definition) is 2. The first kappa shape index (κ1) is 23.3. The van der Waals surface area contributed by atoms with Crippen LogP contribution in [0.25, 0.3) is 6.20 Å². The summed E-state index contributed by atoms with van der Waals surface area (Å²) in [5.74, 6) is 2.00. The molecule has 1 aromatic rings. The van der Waals surface area contributed by atoms with E-state index in [1.807, 2.05) is 12.3 Å². The number of nitrogens with one attached hydrogen (secondary N) is 1. The smallest absolute Gasteiger partial charge is 0.258 e. The number of hydrogen-bond acceptors (Lipinski definition) is 5. The SMILES string of the molecule is COCC(C)(C)/C=C/n1ncc(C(=O)N[C@H]2C3CC4CC2C[C@](O)(C4)C3)c1OCC(C)C. The molecule has 0 radical (unpaired) electrons. The van der Waals surface area contributed by atoms with Crippen LogP contribution in [0.1, 0.15) is 70.2 Å². The van der Waals surface area contributed by atoms with E-state index in [4.69, 9.17) is 9.47 Å². The van der Waals surface area contributed by atoms with Gasteiger partial charge in [-0.15, -0.1) is 0 Å². The van der Waals surface area contributed by atoms with E-state index in [0.29, 0.717) is 48.3 Å². The highest BCUT2D eigenvalue weighted by molar-refractivity contribution is 5.96. The fourth-order valence-corrected chi connectivity index (χ4v) is 6.14. The first-order chi connectivity index (χ1) is 15.1. The summed E-state index contributed by atoms with van der Waals surface area (Å²) >= 11 is 0. The molecule has 4 bridgehead atoms. The predicted octanol–water partition coefficient (Wildman–Crippen LogP) is 3.73. The molecule has 4 aliphatic carbocycles. The molecule has 0 spiro atoms. The number of nitrogens with zero attached hydrogens (tertiary/aromatic N) is 2. The van der Waals surface area contributed by atoms with Gasteiger partial charge in [0.2, 0.25) is 5.88 Å². The zero-order valence-corrected chi connectivity index (χ0v) is 20.1. The molecule has 4 saturated carbocycles. The van der Waals surface area contributed by atoms with Crippen LogP contribution in [-0.4, -0.2) is 52.8 Å². The maximum Gasteiger partial charge on any atom is 0.258 e. The van der Waals surface area contributed by atoms with E-state index >= 15 is 0 Å². The molecule has 2 N–H and O–H groups in total. The molecule has 4 fully saturated rings. The largest absolute Gasteiger partial charge is 0.477 e. The van der Waals surface area contributed by atoms with E-state index in [1.165, 1.54) is 0 Å². The fourth-order valence-electron chi connectivity index (χ4n) is 6.14. The van der Waals surface area contributed by atoms with Gasteiger partial charge in [0.05, 0.1) is 25.0 Å². The molecule has 2 atom stereocenters. The van der Waals surface area contributed by atoms with E-state index in [-0.39, 0.29) is 17.4 Å². The van der Waals surface area contributed by atoms with E-state index in [9.17, 15) is 9.90 Å². The molecule has 5 rings (SSSR count). The summed E-state index contributed by atoms with van der Waals surface area (Å²) in [4.78, 5) is 13.3. The van der Waals surface area contributed by atoms with Gasteiger partial charge in [-0.05, 0) is 55.8 Å². The van der Waals surface area contributed by atoms with Gasteiger partial charge in [-0.1, -0.05) is 33.8 Å². The quantitative estimate of drug-likeness (QED) is 0.605. The average molecular weight is 446 g/mol. The molecule has 0 aromatic carbocycles. The van der Waals surface area contributed by atoms with Crippen molar-refractivity contribution in [1.82, 2.24) is 15.1 Å². The lowest BCUT2D eigenvalue weighted by Gasteiger charge is -2.58. The second-order valence-electron chi connectivity index (χ2n) is 11.4. The van der Waals surface area contributed by atoms with Crippen LogP contribution >= 0.6 is 0 Å². The number of methoxy groups -OCH3 is 1. The summed E-state index contributed by atoms with van der Waals surface area (Å²) in [7, 11) is 1.69. The Balaban J connectivity index is 1.52. The van der Waals surface area contributed by atoms with Crippen LogP contribution in [-0.2, 0) is 4.74 Å². The van der Waals surface area contributed by atoms with Gasteiger partial charge in [-0.2, -0.15) is 5.10 Å². The van der Waals surface area contributed by atoms with Crippen molar-refractivity contribution in [3.05, 3.63) is 17.8 Å². The highest BCUT2D eigenvalue weighted by Crippen LogP contribution is 2.55. The summed E-state index contributed by atoms with van der Waals surface area (Å²) in [6.45, 7) is 9.41. The lowest BCUT2D eigenvalue weighted by molar-refractivity contribution is -0.136. The van der Waals surface area contributed by atoms with Crippen molar-refractivity contribution in [3.8, 4) is 5.88 Å². The second-order valence-corrected chi connectivity index (χ2v) is 11.4. The molecule has 0 saturated heterocycles. The van der Waals surface area contributed by atoms with Gasteiger partial charge >= 0.3 is 0 Å². The summed E-state index contributed by atoms with van der Waals surface area (Å²) in [6, 6.07) is 0.122. The van der Waals surface area contributed by atoms with Crippen molar-refractivity contribution in [2.24, 2.45) is 29.1 Å². The Morgan fingerprint density at radius 1 is 1.34 bits per heavy atom. The third kappa shape index (κ3) is 4.88. The van der Waals surface area contributed by atoms with Gasteiger partial charge in [0.15, 0.2) is 0 Å². The second kappa shape index (κ2) is 8.82. The zero-order chi connectivity index (χ0) is 23.1. The number of amides is 1. The molecule has 7 nitrogen and oxygen atoms in total. The molecule has 32 heavy (non-hydrogen) atoms. The zero-order valence-electron chi connectivity index (χ0n) is 20.1. The van der Waals surface area contributed by atoms with Crippen LogP contribution in [0.2, 0.25) is 0 Å². The molecule has 1 amide bonds. The van der Waals surface area contributed by atoms with Crippen LogP contribution in [0.5, 0.6) is 5.88 Å². The fraction of sp³-hybridized carbons (Fsp3) is 0.760. The van der Waals surface area contributed by atoms with Crippen molar-refractivity contribution >= 4 is 12.1 Å². The van der Waals surface area contributed by atoms with Gasteiger partial charge in [0, 0.05) is 24.8 Å². The third-order valence-electron chi connectivity index (χ3n) is 7.27. The van der Waals surface area contributed by atoms with Gasteiger partial charge in [-0.3, -0.25) is 4.79 Å². The van der Waals surface area contributed by atoms with Crippen LogP contribution in [0.4, 0.5) is 0 Å². The Morgan fingerprint density at radius 3 is 2.62 bits per heavy atom. The minimum absolute atomic E-state index is 0.122. The molecule has 4 aliphatic rings. The van der Waals surface area contributed by atoms with Crippen LogP contribution < -0.4 is 10.1 Å². The summed E-state index contributed by atoms with van der Waals surface area (Å²) in [5, 5.41) is 18.6. The highest BCUT2D eigenvalue weighted by atomic mass is 16.5. The number of carbonyl (C=O) groups is 1. The molecular formula is C25H39N3O4. The lowest BCUT2D eigenvalue weighted by Crippen LogP contribution is -2.61. The molecular weight excluding hydrogens is 406 g/mol. The summed E-state index contributed by atoms with van der Waals surface area (Å²) in [5.41, 5.74) is -0.208. The van der Waals surface area contributed by atoms with E-state index < -0.39 is 5.60 Å². The van der Waals surface area contributed by atoms with E-state index in [2.05, 4.69) is 38.1 Å². The summed E-state index contributed by atoms with van der Waals surface area (Å²) < 4.78 is 13.0. The number of aromatic nitrogens is 2. The van der Waals surface area contributed by atoms with E-state index in [0.717, 1.165) is 32.1 Å². The van der Waals surface area contributed by atoms with Crippen molar-refractivity contribution in [3.63, 3.8) is 0 Å². The van der Waals surface area contributed by atoms with E-state index in [1.54, 1.807) is 18.0 Å². The predicted molar refractivity (Wildman–Crippen MR) is 123 cm³/mol. The molecule has 178 valence electrons. The molecule has 2 unspecified atom stereocenters. The van der Waals surface area contributed by atoms with Crippen molar-refractivity contribution in [2.75, 3.05) is 20.3 Å². The minimum Gasteiger partial charge on any atom is -0.477 e. The number of ether oxygens (including phenoxy) is 2. The maximum atomic E-state index is 13.3. The number of carbonyl (C=O) groups excluding carboxylic acids is 1. The number of rotatable bonds is 9. The Labute approximate surface area is 191 Å². The Morgan fingerprint density at radius 2 is 2.03 bits per heavy atom. The Bertz CT molecular complexity index is 843. The van der Waals surface area contributed by atoms with Crippen molar-refractivity contribution in [2.45, 2.75) is 71.4 Å².